The van der Waals surface area contributed by atoms with Gasteiger partial charge in [0.15, 0.2) is 11.5 Å². The lowest BCUT2D eigenvalue weighted by atomic mass is 10.1. The van der Waals surface area contributed by atoms with Gasteiger partial charge in [0.25, 0.3) is 0 Å². The van der Waals surface area contributed by atoms with Crippen molar-refractivity contribution in [2.75, 3.05) is 52.6 Å². The molecule has 2 saturated heterocycles. The van der Waals surface area contributed by atoms with E-state index < -0.39 is 18.2 Å². The van der Waals surface area contributed by atoms with Crippen LogP contribution in [0.5, 0.6) is 11.5 Å². The van der Waals surface area contributed by atoms with E-state index in [2.05, 4.69) is 0 Å². The molecule has 38 heavy (non-hydrogen) atoms. The maximum Gasteiger partial charge on any atom is 0.313 e. The summed E-state index contributed by atoms with van der Waals surface area (Å²) in [5, 5.41) is 22.8. The normalized spacial score (nSPS) is 18.2. The van der Waals surface area contributed by atoms with Crippen LogP contribution in [0, 0.1) is 0 Å². The molecule has 2 N–H and O–H groups in total. The Hall–Kier alpha value is -0.0100. The molecule has 0 saturated carbocycles. The molecule has 0 radical (unpaired) electrons. The lowest BCUT2D eigenvalue weighted by molar-refractivity contribution is -0.136. The topological polar surface area (TPSA) is 76.0 Å². The summed E-state index contributed by atoms with van der Waals surface area (Å²) in [4.78, 5) is 12.7. The monoisotopic (exact) mass is 632 g/mol. The number of aliphatic hydroxyl groups excluding tert-OH is 2. The molecule has 0 amide bonds. The van der Waals surface area contributed by atoms with E-state index in [4.69, 9.17) is 9.47 Å². The molecule has 4 rings (SSSR count). The molecular formula is C27H36O5S6. The van der Waals surface area contributed by atoms with Crippen molar-refractivity contribution in [3.8, 4) is 11.5 Å². The number of carbonyl (C=O) groups is 1. The number of esters is 1. The summed E-state index contributed by atoms with van der Waals surface area (Å²) in [6, 6.07) is 11.4. The van der Waals surface area contributed by atoms with Crippen LogP contribution in [0.25, 0.3) is 10.8 Å². The van der Waals surface area contributed by atoms with E-state index in [1.54, 1.807) is 29.6 Å². The van der Waals surface area contributed by atoms with Gasteiger partial charge in [-0.1, -0.05) is 24.3 Å². The molecule has 2 fully saturated rings. The summed E-state index contributed by atoms with van der Waals surface area (Å²) in [5.74, 6) is 8.33. The van der Waals surface area contributed by atoms with Crippen molar-refractivity contribution in [3.05, 3.63) is 36.4 Å². The van der Waals surface area contributed by atoms with Crippen LogP contribution in [0.15, 0.2) is 36.4 Å². The van der Waals surface area contributed by atoms with Gasteiger partial charge in [0.1, 0.15) is 6.61 Å². The van der Waals surface area contributed by atoms with Crippen LogP contribution in [-0.2, 0) is 4.79 Å². The maximum absolute atomic E-state index is 12.7. The third-order valence-corrected chi connectivity index (χ3v) is 14.5. The predicted molar refractivity (Wildman–Crippen MR) is 173 cm³/mol. The SMILES string of the molecule is O=C(CC(O)CSCCC1SCCS1)Oc1cc2ccccc2cc1OCC(O)CSCCC1SCCS1. The van der Waals surface area contributed by atoms with Crippen LogP contribution in [0.1, 0.15) is 19.3 Å². The maximum atomic E-state index is 12.7. The molecule has 0 aliphatic carbocycles. The van der Waals surface area contributed by atoms with Crippen LogP contribution in [-0.4, -0.2) is 90.2 Å². The quantitative estimate of drug-likeness (QED) is 0.128. The van der Waals surface area contributed by atoms with E-state index in [1.165, 1.54) is 23.0 Å². The highest BCUT2D eigenvalue weighted by Crippen LogP contribution is 2.36. The zero-order valence-electron chi connectivity index (χ0n) is 21.3. The van der Waals surface area contributed by atoms with Crippen LogP contribution < -0.4 is 9.47 Å². The molecule has 2 atom stereocenters. The number of fused-ring (bicyclic) bond motifs is 1. The Balaban J connectivity index is 1.24. The molecule has 210 valence electrons. The summed E-state index contributed by atoms with van der Waals surface area (Å²) in [7, 11) is 0. The van der Waals surface area contributed by atoms with Crippen molar-refractivity contribution in [2.45, 2.75) is 40.6 Å². The second-order valence-electron chi connectivity index (χ2n) is 9.01. The highest BCUT2D eigenvalue weighted by atomic mass is 32.2. The summed E-state index contributed by atoms with van der Waals surface area (Å²) < 4.78 is 13.0. The van der Waals surface area contributed by atoms with Crippen molar-refractivity contribution in [1.29, 1.82) is 0 Å². The summed E-state index contributed by atoms with van der Waals surface area (Å²) in [5.41, 5.74) is 0. The smallest absolute Gasteiger partial charge is 0.313 e. The molecule has 0 bridgehead atoms. The first-order valence-electron chi connectivity index (χ1n) is 12.9. The van der Waals surface area contributed by atoms with Crippen LogP contribution in [0.4, 0.5) is 0 Å². The molecule has 2 unspecified atom stereocenters. The largest absolute Gasteiger partial charge is 0.487 e. The molecule has 2 aromatic rings. The summed E-state index contributed by atoms with van der Waals surface area (Å²) in [6.45, 7) is 0.125. The van der Waals surface area contributed by atoms with E-state index >= 15 is 0 Å². The van der Waals surface area contributed by atoms with Gasteiger partial charge in [0, 0.05) is 34.5 Å². The van der Waals surface area contributed by atoms with Gasteiger partial charge in [-0.2, -0.15) is 23.5 Å². The molecule has 0 spiro atoms. The minimum atomic E-state index is -0.749. The van der Waals surface area contributed by atoms with E-state index in [-0.39, 0.29) is 13.0 Å². The molecule has 2 aromatic carbocycles. The molecule has 11 heteroatoms. The molecular weight excluding hydrogens is 597 g/mol. The van der Waals surface area contributed by atoms with Crippen molar-refractivity contribution in [1.82, 2.24) is 0 Å². The highest BCUT2D eigenvalue weighted by molar-refractivity contribution is 8.20. The average Bonchev–Trinajstić information content (AvgIpc) is 3.62. The third kappa shape index (κ3) is 10.8. The summed E-state index contributed by atoms with van der Waals surface area (Å²) >= 11 is 11.5. The van der Waals surface area contributed by atoms with E-state index in [9.17, 15) is 15.0 Å². The number of benzene rings is 2. The van der Waals surface area contributed by atoms with Gasteiger partial charge in [-0.05, 0) is 47.3 Å². The number of rotatable bonds is 16. The van der Waals surface area contributed by atoms with Gasteiger partial charge in [-0.15, -0.1) is 47.0 Å². The Bertz CT molecular complexity index is 999. The Kier molecular flexibility index (Phi) is 13.9. The number of aliphatic hydroxyl groups is 2. The number of carbonyl (C=O) groups excluding carboxylic acids is 1. The fraction of sp³-hybridized carbons (Fsp3) is 0.593. The minimum Gasteiger partial charge on any atom is -0.487 e. The van der Waals surface area contributed by atoms with E-state index in [0.717, 1.165) is 35.1 Å². The predicted octanol–water partition coefficient (Wildman–Crippen LogP) is 6.09. The lowest BCUT2D eigenvalue weighted by Crippen LogP contribution is -2.22. The van der Waals surface area contributed by atoms with Crippen molar-refractivity contribution < 1.29 is 24.5 Å². The molecule has 2 heterocycles. The average molecular weight is 633 g/mol. The number of ether oxygens (including phenoxy) is 2. The molecule has 2 aliphatic rings. The molecule has 5 nitrogen and oxygen atoms in total. The van der Waals surface area contributed by atoms with Crippen molar-refractivity contribution >= 4 is 87.3 Å². The Labute approximate surface area is 251 Å². The second-order valence-corrected chi connectivity index (χ2v) is 17.2. The van der Waals surface area contributed by atoms with Crippen LogP contribution >= 0.6 is 70.6 Å². The van der Waals surface area contributed by atoms with Gasteiger partial charge in [-0.25, -0.2) is 0 Å². The number of hydrogen-bond donors (Lipinski definition) is 2. The van der Waals surface area contributed by atoms with E-state index in [1.807, 2.05) is 77.4 Å². The first-order chi connectivity index (χ1) is 18.6. The van der Waals surface area contributed by atoms with Crippen LogP contribution in [0.2, 0.25) is 0 Å². The Morgan fingerprint density at radius 2 is 1.37 bits per heavy atom. The van der Waals surface area contributed by atoms with Crippen LogP contribution in [0.3, 0.4) is 0 Å². The minimum absolute atomic E-state index is 0.0664. The highest BCUT2D eigenvalue weighted by Gasteiger charge is 2.19. The zero-order valence-corrected chi connectivity index (χ0v) is 26.2. The van der Waals surface area contributed by atoms with Gasteiger partial charge in [-0.3, -0.25) is 4.79 Å². The standard InChI is InChI=1S/C27H36O5S6/c28-21(17-33-7-5-26-35-9-10-36-26)15-25(30)32-24-14-20-4-2-1-3-19(20)13-23(24)31-16-22(29)18-34-8-6-27-37-11-12-38-27/h1-4,13-14,21-22,26-29H,5-12,15-18H2. The number of hydrogen-bond acceptors (Lipinski definition) is 11. The van der Waals surface area contributed by atoms with Gasteiger partial charge in [0.2, 0.25) is 0 Å². The third-order valence-electron chi connectivity index (χ3n) is 5.87. The first-order valence-corrected chi connectivity index (χ1v) is 19.4. The van der Waals surface area contributed by atoms with E-state index in [0.29, 0.717) is 32.2 Å². The fourth-order valence-electron chi connectivity index (χ4n) is 3.99. The number of thioether (sulfide) groups is 6. The fourth-order valence-corrected chi connectivity index (χ4v) is 12.1. The first kappa shape index (κ1) is 30.9. The van der Waals surface area contributed by atoms with Crippen molar-refractivity contribution in [2.24, 2.45) is 0 Å². The van der Waals surface area contributed by atoms with Gasteiger partial charge < -0.3 is 19.7 Å². The summed E-state index contributed by atoms with van der Waals surface area (Å²) in [6.07, 6.45) is 0.849. The Morgan fingerprint density at radius 3 is 1.95 bits per heavy atom. The van der Waals surface area contributed by atoms with Gasteiger partial charge >= 0.3 is 5.97 Å². The molecule has 2 aliphatic heterocycles. The van der Waals surface area contributed by atoms with Crippen molar-refractivity contribution in [3.63, 3.8) is 0 Å². The zero-order chi connectivity index (χ0) is 26.6. The van der Waals surface area contributed by atoms with Gasteiger partial charge in [0.05, 0.1) is 27.8 Å². The Morgan fingerprint density at radius 1 is 0.842 bits per heavy atom. The second kappa shape index (κ2) is 17.1. The molecule has 0 aromatic heterocycles. The lowest BCUT2D eigenvalue weighted by Gasteiger charge is -2.17.